The van der Waals surface area contributed by atoms with Gasteiger partial charge in [-0.2, -0.15) is 5.10 Å². The summed E-state index contributed by atoms with van der Waals surface area (Å²) in [4.78, 5) is 4.13. The third kappa shape index (κ3) is 5.92. The lowest BCUT2D eigenvalue weighted by Crippen LogP contribution is -2.49. The Morgan fingerprint density at radius 3 is 2.52 bits per heavy atom. The van der Waals surface area contributed by atoms with Crippen LogP contribution in [0.5, 0.6) is 0 Å². The van der Waals surface area contributed by atoms with E-state index in [-0.39, 0.29) is 11.7 Å². The van der Waals surface area contributed by atoms with Gasteiger partial charge < -0.3 is 15.5 Å². The molecule has 1 aromatic carbocycles. The highest BCUT2D eigenvalue weighted by atomic mass is 35.5. The second kappa shape index (κ2) is 9.64. The number of hydrazone groups is 1. The van der Waals surface area contributed by atoms with Gasteiger partial charge in [0.2, 0.25) is 0 Å². The van der Waals surface area contributed by atoms with E-state index < -0.39 is 0 Å². The number of rotatable bonds is 3. The van der Waals surface area contributed by atoms with Gasteiger partial charge in [0, 0.05) is 30.8 Å². The van der Waals surface area contributed by atoms with Gasteiger partial charge in [-0.3, -0.25) is 4.90 Å². The van der Waals surface area contributed by atoms with Crippen LogP contribution in [0.1, 0.15) is 6.92 Å². The lowest BCUT2D eigenvalue weighted by atomic mass is 10.2. The minimum atomic E-state index is -0.298. The summed E-state index contributed by atoms with van der Waals surface area (Å²) in [5, 5.41) is 4.61. The number of ether oxygens (including phenoxy) is 1. The molecule has 0 aromatic heterocycles. The molecule has 1 heterocycles. The van der Waals surface area contributed by atoms with Crippen LogP contribution in [0.4, 0.5) is 5.69 Å². The molecule has 5 nitrogen and oxygen atoms in total. The van der Waals surface area contributed by atoms with Gasteiger partial charge in [-0.15, -0.1) is 12.8 Å². The summed E-state index contributed by atoms with van der Waals surface area (Å²) in [5.74, 6) is 6.32. The average molecular weight is 357 g/mol. The maximum absolute atomic E-state index is 6.08. The Labute approximate surface area is 148 Å². The predicted octanol–water partition coefficient (Wildman–Crippen LogP) is 2.58. The van der Waals surface area contributed by atoms with Crippen molar-refractivity contribution in [2.24, 2.45) is 10.9 Å². The summed E-state index contributed by atoms with van der Waals surface area (Å²) in [6.07, 6.45) is 8.10. The maximum atomic E-state index is 6.08. The molecular formula is C16H22Cl2N4O. The molecule has 0 aliphatic carbocycles. The first-order valence-corrected chi connectivity index (χ1v) is 7.92. The van der Waals surface area contributed by atoms with Gasteiger partial charge in [0.15, 0.2) is 0 Å². The fourth-order valence-corrected chi connectivity index (χ4v) is 2.85. The van der Waals surface area contributed by atoms with Gasteiger partial charge in [-0.1, -0.05) is 23.2 Å². The number of morpholine rings is 1. The number of halogens is 2. The minimum Gasteiger partial charge on any atom is -0.357 e. The Morgan fingerprint density at radius 2 is 2.00 bits per heavy atom. The topological polar surface area (TPSA) is 54.1 Å². The standard InChI is InChI=1S/C14H20Cl2N4O.C2H2/c1-10-7-20(8-13(16)21-10)9-14(18-17)19(2)12-5-3-11(15)4-6-12;1-2/h3-6,10,13H,7-9,17H2,1-2H3;1-2H/b18-14-;. The molecule has 2 N–H and O–H groups in total. The quantitative estimate of drug-likeness (QED) is 0.226. The van der Waals surface area contributed by atoms with Crippen LogP contribution in [0.15, 0.2) is 29.4 Å². The molecule has 0 bridgehead atoms. The average Bonchev–Trinajstić information content (AvgIpc) is 2.53. The van der Waals surface area contributed by atoms with Crippen molar-refractivity contribution in [1.82, 2.24) is 4.90 Å². The Morgan fingerprint density at radius 1 is 1.39 bits per heavy atom. The fourth-order valence-electron chi connectivity index (χ4n) is 2.36. The van der Waals surface area contributed by atoms with Crippen LogP contribution in [0.25, 0.3) is 0 Å². The van der Waals surface area contributed by atoms with Gasteiger partial charge in [0.25, 0.3) is 0 Å². The van der Waals surface area contributed by atoms with E-state index in [1.807, 2.05) is 43.1 Å². The van der Waals surface area contributed by atoms with Gasteiger partial charge in [-0.05, 0) is 31.2 Å². The number of likely N-dealkylation sites (N-methyl/N-ethyl adjacent to an activating group) is 1. The summed E-state index contributed by atoms with van der Waals surface area (Å²) in [5.41, 5.74) is 0.681. The summed E-state index contributed by atoms with van der Waals surface area (Å²) >= 11 is 12.0. The SMILES string of the molecule is C#C.CC1CN(C/C(=N/N)N(C)c2ccc(Cl)cc2)CC(Cl)O1. The summed E-state index contributed by atoms with van der Waals surface area (Å²) < 4.78 is 5.51. The lowest BCUT2D eigenvalue weighted by Gasteiger charge is -2.35. The maximum Gasteiger partial charge on any atom is 0.144 e. The fraction of sp³-hybridized carbons (Fsp3) is 0.438. The van der Waals surface area contributed by atoms with Crippen molar-refractivity contribution in [3.63, 3.8) is 0 Å². The summed E-state index contributed by atoms with van der Waals surface area (Å²) in [6.45, 7) is 4.08. The van der Waals surface area contributed by atoms with Crippen molar-refractivity contribution in [1.29, 1.82) is 0 Å². The number of benzene rings is 1. The number of hydrogen-bond acceptors (Lipinski definition) is 4. The van der Waals surface area contributed by atoms with Crippen LogP contribution in [0.2, 0.25) is 5.02 Å². The number of terminal acetylenes is 1. The second-order valence-corrected chi connectivity index (χ2v) is 6.05. The molecule has 1 aromatic rings. The highest BCUT2D eigenvalue weighted by Gasteiger charge is 2.25. The molecule has 23 heavy (non-hydrogen) atoms. The van der Waals surface area contributed by atoms with Crippen LogP contribution in [-0.4, -0.2) is 49.1 Å². The lowest BCUT2D eigenvalue weighted by molar-refractivity contribution is -0.0345. The number of hydrogen-bond donors (Lipinski definition) is 1. The van der Waals surface area contributed by atoms with Crippen molar-refractivity contribution in [2.75, 3.05) is 31.6 Å². The Hall–Kier alpha value is -1.45. The smallest absolute Gasteiger partial charge is 0.144 e. The molecule has 1 aliphatic rings. The zero-order valence-corrected chi connectivity index (χ0v) is 14.8. The molecule has 1 saturated heterocycles. The first kappa shape index (κ1) is 19.6. The van der Waals surface area contributed by atoms with E-state index in [1.165, 1.54) is 0 Å². The van der Waals surface area contributed by atoms with Crippen molar-refractivity contribution in [3.05, 3.63) is 29.3 Å². The number of nitrogens with zero attached hydrogens (tertiary/aromatic N) is 3. The van der Waals surface area contributed by atoms with E-state index in [0.717, 1.165) is 18.1 Å². The highest BCUT2D eigenvalue weighted by molar-refractivity contribution is 6.30. The minimum absolute atomic E-state index is 0.0983. The normalized spacial score (nSPS) is 22.1. The highest BCUT2D eigenvalue weighted by Crippen LogP contribution is 2.18. The largest absolute Gasteiger partial charge is 0.357 e. The van der Waals surface area contributed by atoms with E-state index in [0.29, 0.717) is 18.1 Å². The van der Waals surface area contributed by atoms with E-state index in [9.17, 15) is 0 Å². The van der Waals surface area contributed by atoms with Crippen molar-refractivity contribution in [3.8, 4) is 12.8 Å². The Kier molecular flexibility index (Phi) is 8.21. The van der Waals surface area contributed by atoms with Crippen LogP contribution in [-0.2, 0) is 4.74 Å². The van der Waals surface area contributed by atoms with Gasteiger partial charge in [0.05, 0.1) is 12.6 Å². The summed E-state index contributed by atoms with van der Waals surface area (Å²) in [6, 6.07) is 7.54. The van der Waals surface area contributed by atoms with Crippen LogP contribution in [0.3, 0.4) is 0 Å². The molecule has 2 unspecified atom stereocenters. The molecule has 0 spiro atoms. The van der Waals surface area contributed by atoms with E-state index in [2.05, 4.69) is 22.8 Å². The summed E-state index contributed by atoms with van der Waals surface area (Å²) in [7, 11) is 1.93. The van der Waals surface area contributed by atoms with Crippen molar-refractivity contribution < 1.29 is 4.74 Å². The zero-order valence-electron chi connectivity index (χ0n) is 13.3. The Balaban J connectivity index is 0.00000127. The molecule has 1 aliphatic heterocycles. The number of nitrogens with two attached hydrogens (primary N) is 1. The van der Waals surface area contributed by atoms with E-state index in [4.69, 9.17) is 33.8 Å². The number of alkyl halides is 1. The Bertz CT molecular complexity index is 523. The molecule has 0 amide bonds. The van der Waals surface area contributed by atoms with E-state index >= 15 is 0 Å². The van der Waals surface area contributed by atoms with E-state index in [1.54, 1.807) is 0 Å². The van der Waals surface area contributed by atoms with Gasteiger partial charge in [0.1, 0.15) is 11.4 Å². The van der Waals surface area contributed by atoms with Crippen LogP contribution < -0.4 is 10.7 Å². The number of amidine groups is 1. The van der Waals surface area contributed by atoms with Crippen LogP contribution in [0, 0.1) is 12.8 Å². The predicted molar refractivity (Wildman–Crippen MR) is 98.0 cm³/mol. The molecular weight excluding hydrogens is 335 g/mol. The van der Waals surface area contributed by atoms with Gasteiger partial charge >= 0.3 is 0 Å². The first-order chi connectivity index (χ1) is 11.0. The first-order valence-electron chi connectivity index (χ1n) is 7.11. The molecule has 126 valence electrons. The molecule has 2 atom stereocenters. The second-order valence-electron chi connectivity index (χ2n) is 5.13. The van der Waals surface area contributed by atoms with Crippen molar-refractivity contribution in [2.45, 2.75) is 18.6 Å². The van der Waals surface area contributed by atoms with Crippen molar-refractivity contribution >= 4 is 34.7 Å². The molecule has 0 saturated carbocycles. The zero-order chi connectivity index (χ0) is 17.4. The molecule has 0 radical (unpaired) electrons. The third-order valence-corrected chi connectivity index (χ3v) is 3.91. The molecule has 2 rings (SSSR count). The number of anilines is 1. The molecule has 1 fully saturated rings. The van der Waals surface area contributed by atoms with Gasteiger partial charge in [-0.25, -0.2) is 0 Å². The van der Waals surface area contributed by atoms with Crippen LogP contribution >= 0.6 is 23.2 Å². The third-order valence-electron chi connectivity index (χ3n) is 3.41. The molecule has 7 heteroatoms. The monoisotopic (exact) mass is 356 g/mol.